The summed E-state index contributed by atoms with van der Waals surface area (Å²) in [5.74, 6) is -1.69. The van der Waals surface area contributed by atoms with Gasteiger partial charge >= 0.3 is 0 Å². The van der Waals surface area contributed by atoms with E-state index in [0.717, 1.165) is 18.2 Å². The molecule has 9 nitrogen and oxygen atoms in total. The molecule has 0 heterocycles. The van der Waals surface area contributed by atoms with Crippen LogP contribution in [0.25, 0.3) is 0 Å². The fourth-order valence-corrected chi connectivity index (χ4v) is 5.20. The third-order valence-electron chi connectivity index (χ3n) is 4.42. The molecule has 0 spiro atoms. The molecule has 3 aromatic carbocycles. The Hall–Kier alpha value is -3.19. The van der Waals surface area contributed by atoms with Gasteiger partial charge in [-0.3, -0.25) is 9.52 Å². The van der Waals surface area contributed by atoms with E-state index >= 15 is 0 Å². The Kier molecular flexibility index (Phi) is 7.77. The van der Waals surface area contributed by atoms with E-state index in [2.05, 4.69) is 10.0 Å². The van der Waals surface area contributed by atoms with Crippen molar-refractivity contribution in [2.45, 2.75) is 9.79 Å². The van der Waals surface area contributed by atoms with E-state index in [1.165, 1.54) is 43.5 Å². The van der Waals surface area contributed by atoms with Crippen LogP contribution in [0.1, 0.15) is 0 Å². The van der Waals surface area contributed by atoms with Gasteiger partial charge in [0, 0.05) is 0 Å². The van der Waals surface area contributed by atoms with Gasteiger partial charge in [0.2, 0.25) is 15.9 Å². The second-order valence-corrected chi connectivity index (χ2v) is 10.6. The first-order chi connectivity index (χ1) is 16.0. The van der Waals surface area contributed by atoms with Gasteiger partial charge in [0.05, 0.1) is 34.9 Å². The van der Waals surface area contributed by atoms with Gasteiger partial charge in [0.1, 0.15) is 16.5 Å². The number of sulfonamides is 2. The maximum atomic E-state index is 13.8. The molecule has 34 heavy (non-hydrogen) atoms. The molecule has 180 valence electrons. The van der Waals surface area contributed by atoms with Crippen LogP contribution in [0.2, 0.25) is 5.02 Å². The van der Waals surface area contributed by atoms with E-state index in [1.807, 2.05) is 4.72 Å². The van der Waals surface area contributed by atoms with Crippen LogP contribution in [-0.2, 0) is 24.8 Å². The highest BCUT2D eigenvalue weighted by Crippen LogP contribution is 2.30. The van der Waals surface area contributed by atoms with Crippen LogP contribution < -0.4 is 19.5 Å². The SMILES string of the molecule is COc1ccc(S(=O)(=O)Nc2ccccc2Cl)cc1NC(=O)CNS(=O)(=O)c1ccccc1F. The molecule has 0 saturated heterocycles. The number of carbonyl (C=O) groups excluding carboxylic acids is 1. The Bertz CT molecular complexity index is 1430. The molecule has 0 radical (unpaired) electrons. The number of methoxy groups -OCH3 is 1. The smallest absolute Gasteiger partial charge is 0.262 e. The number of benzene rings is 3. The average molecular weight is 528 g/mol. The molecular formula is C21H19ClFN3O6S2. The van der Waals surface area contributed by atoms with Crippen LogP contribution in [-0.4, -0.2) is 36.4 Å². The minimum Gasteiger partial charge on any atom is -0.495 e. The number of hydrogen-bond acceptors (Lipinski definition) is 6. The maximum absolute atomic E-state index is 13.8. The summed E-state index contributed by atoms with van der Waals surface area (Å²) in [5, 5.41) is 2.57. The first-order valence-corrected chi connectivity index (χ1v) is 12.9. The molecular weight excluding hydrogens is 509 g/mol. The fraction of sp³-hybridized carbons (Fsp3) is 0.0952. The Morgan fingerprint density at radius 3 is 2.29 bits per heavy atom. The third-order valence-corrected chi connectivity index (χ3v) is 7.55. The fourth-order valence-electron chi connectivity index (χ4n) is 2.79. The van der Waals surface area contributed by atoms with Gasteiger partial charge in [0.25, 0.3) is 10.0 Å². The van der Waals surface area contributed by atoms with Crippen molar-refractivity contribution in [3.8, 4) is 5.75 Å². The zero-order valence-corrected chi connectivity index (χ0v) is 20.0. The lowest BCUT2D eigenvalue weighted by molar-refractivity contribution is -0.115. The van der Waals surface area contributed by atoms with Gasteiger partial charge in [-0.25, -0.2) is 25.9 Å². The van der Waals surface area contributed by atoms with Gasteiger partial charge in [-0.2, -0.15) is 0 Å². The Balaban J connectivity index is 1.78. The Labute approximate surface area is 201 Å². The molecule has 0 aliphatic carbocycles. The zero-order chi connectivity index (χ0) is 24.9. The first-order valence-electron chi connectivity index (χ1n) is 9.53. The lowest BCUT2D eigenvalue weighted by atomic mass is 10.3. The van der Waals surface area contributed by atoms with Crippen molar-refractivity contribution in [1.29, 1.82) is 0 Å². The summed E-state index contributed by atoms with van der Waals surface area (Å²) in [5.41, 5.74) is 0.132. The highest BCUT2D eigenvalue weighted by atomic mass is 35.5. The summed E-state index contributed by atoms with van der Waals surface area (Å²) in [6, 6.07) is 14.7. The van der Waals surface area contributed by atoms with Gasteiger partial charge in [0.15, 0.2) is 0 Å². The molecule has 0 fully saturated rings. The third kappa shape index (κ3) is 6.03. The molecule has 0 aliphatic rings. The summed E-state index contributed by atoms with van der Waals surface area (Å²) >= 11 is 6.01. The number of halogens is 2. The normalized spacial score (nSPS) is 11.6. The molecule has 3 N–H and O–H groups in total. The van der Waals surface area contributed by atoms with Crippen LogP contribution in [0.5, 0.6) is 5.75 Å². The molecule has 0 bridgehead atoms. The second kappa shape index (κ2) is 10.4. The van der Waals surface area contributed by atoms with Crippen molar-refractivity contribution < 1.29 is 30.8 Å². The number of amides is 1. The Morgan fingerprint density at radius 2 is 1.62 bits per heavy atom. The lowest BCUT2D eigenvalue weighted by Gasteiger charge is -2.14. The summed E-state index contributed by atoms with van der Waals surface area (Å²) in [7, 11) is -7.08. The monoisotopic (exact) mass is 527 g/mol. The first kappa shape index (κ1) is 25.4. The Morgan fingerprint density at radius 1 is 0.941 bits per heavy atom. The number of ether oxygens (including phenoxy) is 1. The van der Waals surface area contributed by atoms with E-state index in [9.17, 15) is 26.0 Å². The predicted octanol–water partition coefficient (Wildman–Crippen LogP) is 3.21. The van der Waals surface area contributed by atoms with Crippen molar-refractivity contribution in [2.24, 2.45) is 0 Å². The van der Waals surface area contributed by atoms with Crippen molar-refractivity contribution in [1.82, 2.24) is 4.72 Å². The molecule has 3 aromatic rings. The van der Waals surface area contributed by atoms with E-state index in [0.29, 0.717) is 0 Å². The lowest BCUT2D eigenvalue weighted by Crippen LogP contribution is -2.33. The number of rotatable bonds is 9. The summed E-state index contributed by atoms with van der Waals surface area (Å²) in [6.07, 6.45) is 0. The molecule has 0 aromatic heterocycles. The van der Waals surface area contributed by atoms with Crippen LogP contribution in [0.4, 0.5) is 15.8 Å². The van der Waals surface area contributed by atoms with Gasteiger partial charge in [-0.1, -0.05) is 35.9 Å². The van der Waals surface area contributed by atoms with Crippen molar-refractivity contribution in [3.05, 3.63) is 77.6 Å². The average Bonchev–Trinajstić information content (AvgIpc) is 2.79. The molecule has 0 unspecified atom stereocenters. The number of para-hydroxylation sites is 1. The number of nitrogens with one attached hydrogen (secondary N) is 3. The quantitative estimate of drug-likeness (QED) is 0.392. The second-order valence-electron chi connectivity index (χ2n) is 6.75. The van der Waals surface area contributed by atoms with Gasteiger partial charge in [-0.05, 0) is 42.5 Å². The molecule has 0 saturated carbocycles. The minimum absolute atomic E-state index is 0.0281. The van der Waals surface area contributed by atoms with Crippen LogP contribution in [0.3, 0.4) is 0 Å². The highest BCUT2D eigenvalue weighted by Gasteiger charge is 2.21. The van der Waals surface area contributed by atoms with Crippen molar-refractivity contribution >= 4 is 48.9 Å². The van der Waals surface area contributed by atoms with E-state index in [1.54, 1.807) is 12.1 Å². The van der Waals surface area contributed by atoms with Crippen molar-refractivity contribution in [3.63, 3.8) is 0 Å². The highest BCUT2D eigenvalue weighted by molar-refractivity contribution is 7.92. The van der Waals surface area contributed by atoms with E-state index in [-0.39, 0.29) is 27.0 Å². The minimum atomic E-state index is -4.30. The topological polar surface area (TPSA) is 131 Å². The number of carbonyl (C=O) groups is 1. The molecule has 1 amide bonds. The van der Waals surface area contributed by atoms with Gasteiger partial charge in [-0.15, -0.1) is 0 Å². The predicted molar refractivity (Wildman–Crippen MR) is 125 cm³/mol. The molecule has 3 rings (SSSR count). The summed E-state index contributed by atoms with van der Waals surface area (Å²) in [4.78, 5) is 11.5. The maximum Gasteiger partial charge on any atom is 0.262 e. The molecule has 13 heteroatoms. The molecule has 0 aliphatic heterocycles. The van der Waals surface area contributed by atoms with Crippen LogP contribution in [0.15, 0.2) is 76.5 Å². The summed E-state index contributed by atoms with van der Waals surface area (Å²) < 4.78 is 73.4. The van der Waals surface area contributed by atoms with Crippen LogP contribution in [0, 0.1) is 5.82 Å². The summed E-state index contributed by atoms with van der Waals surface area (Å²) in [6.45, 7) is -0.741. The number of hydrogen-bond donors (Lipinski definition) is 3. The largest absolute Gasteiger partial charge is 0.495 e. The standard InChI is InChI=1S/C21H19ClFN3O6S2/c1-32-19-11-10-14(33(28,29)26-17-8-4-2-6-15(17)22)12-18(19)25-21(27)13-24-34(30,31)20-9-5-3-7-16(20)23/h2-12,24,26H,13H2,1H3,(H,25,27). The van der Waals surface area contributed by atoms with Crippen molar-refractivity contribution in [2.75, 3.05) is 23.7 Å². The zero-order valence-electron chi connectivity index (χ0n) is 17.6. The van der Waals surface area contributed by atoms with E-state index in [4.69, 9.17) is 16.3 Å². The van der Waals surface area contributed by atoms with Gasteiger partial charge < -0.3 is 10.1 Å². The molecule has 0 atom stereocenters. The van der Waals surface area contributed by atoms with E-state index < -0.39 is 43.2 Å². The number of anilines is 2. The van der Waals surface area contributed by atoms with Crippen LogP contribution >= 0.6 is 11.6 Å².